The minimum atomic E-state index is -0.619. The maximum atomic E-state index is 10.8. The molecule has 0 aromatic heterocycles. The molecule has 0 spiro atoms. The van der Waals surface area contributed by atoms with Gasteiger partial charge >= 0.3 is 17.9 Å². The summed E-state index contributed by atoms with van der Waals surface area (Å²) in [7, 11) is 1.24. The number of methoxy groups -OCH3 is 1. The van der Waals surface area contributed by atoms with Crippen molar-refractivity contribution in [3.8, 4) is 0 Å². The average Bonchev–Trinajstić information content (AvgIpc) is 2.23. The van der Waals surface area contributed by atoms with Crippen LogP contribution in [0.1, 0.15) is 20.3 Å². The van der Waals surface area contributed by atoms with E-state index in [4.69, 9.17) is 9.47 Å². The summed E-state index contributed by atoms with van der Waals surface area (Å²) in [6.45, 7) is 2.65. The van der Waals surface area contributed by atoms with Crippen molar-refractivity contribution in [3.05, 3.63) is 12.2 Å². The Morgan fingerprint density at radius 1 is 1.18 bits per heavy atom. The van der Waals surface area contributed by atoms with Crippen LogP contribution in [0.2, 0.25) is 0 Å². The van der Waals surface area contributed by atoms with Gasteiger partial charge in [0.25, 0.3) is 0 Å². The van der Waals surface area contributed by atoms with E-state index in [1.54, 1.807) is 0 Å². The van der Waals surface area contributed by atoms with Crippen molar-refractivity contribution in [2.45, 2.75) is 26.4 Å². The fourth-order valence-corrected chi connectivity index (χ4v) is 0.980. The van der Waals surface area contributed by atoms with E-state index in [2.05, 4.69) is 4.74 Å². The van der Waals surface area contributed by atoms with Crippen LogP contribution in [0.5, 0.6) is 0 Å². The lowest BCUT2D eigenvalue weighted by molar-refractivity contribution is -0.146. The molecule has 0 aliphatic carbocycles. The van der Waals surface area contributed by atoms with E-state index in [9.17, 15) is 14.4 Å². The van der Waals surface area contributed by atoms with E-state index < -0.39 is 24.0 Å². The Morgan fingerprint density at radius 3 is 2.29 bits per heavy atom. The van der Waals surface area contributed by atoms with Gasteiger partial charge in [-0.25, -0.2) is 4.79 Å². The number of ether oxygens (including phenoxy) is 3. The van der Waals surface area contributed by atoms with E-state index in [0.717, 1.165) is 6.08 Å². The lowest BCUT2D eigenvalue weighted by Crippen LogP contribution is -2.17. The summed E-state index contributed by atoms with van der Waals surface area (Å²) >= 11 is 0. The molecule has 0 heterocycles. The predicted molar refractivity (Wildman–Crippen MR) is 58.0 cm³/mol. The first kappa shape index (κ1) is 15.2. The van der Waals surface area contributed by atoms with Crippen molar-refractivity contribution in [2.75, 3.05) is 13.7 Å². The normalized spacial score (nSPS) is 11.9. The van der Waals surface area contributed by atoms with Crippen LogP contribution >= 0.6 is 0 Å². The topological polar surface area (TPSA) is 78.9 Å². The van der Waals surface area contributed by atoms with Gasteiger partial charge in [0.2, 0.25) is 0 Å². The Labute approximate surface area is 99.5 Å². The minimum Gasteiger partial charge on any atom is -0.466 e. The second-order valence-electron chi connectivity index (χ2n) is 3.16. The van der Waals surface area contributed by atoms with Crippen molar-refractivity contribution < 1.29 is 28.6 Å². The third kappa shape index (κ3) is 9.10. The summed E-state index contributed by atoms with van der Waals surface area (Å²) in [6, 6.07) is 0. The van der Waals surface area contributed by atoms with E-state index in [0.29, 0.717) is 0 Å². The van der Waals surface area contributed by atoms with Gasteiger partial charge in [-0.15, -0.1) is 0 Å². The zero-order valence-electron chi connectivity index (χ0n) is 10.1. The zero-order valence-corrected chi connectivity index (χ0v) is 10.1. The van der Waals surface area contributed by atoms with Gasteiger partial charge in [0.1, 0.15) is 6.10 Å². The summed E-state index contributed by atoms with van der Waals surface area (Å²) in [5, 5.41) is 0. The van der Waals surface area contributed by atoms with Crippen molar-refractivity contribution in [1.82, 2.24) is 0 Å². The lowest BCUT2D eigenvalue weighted by Gasteiger charge is -2.12. The first-order chi connectivity index (χ1) is 7.95. The Bertz CT molecular complexity index is 307. The van der Waals surface area contributed by atoms with Crippen molar-refractivity contribution in [2.24, 2.45) is 0 Å². The number of esters is 3. The zero-order chi connectivity index (χ0) is 13.3. The number of hydrogen-bond donors (Lipinski definition) is 0. The highest BCUT2D eigenvalue weighted by atomic mass is 16.6. The molecule has 0 aromatic rings. The SMILES string of the molecule is COC(=O)/C=C/C(CCOC(C)=O)OC(C)=O. The summed E-state index contributed by atoms with van der Waals surface area (Å²) < 4.78 is 14.0. The molecule has 0 aliphatic heterocycles. The van der Waals surface area contributed by atoms with Gasteiger partial charge in [-0.05, 0) is 6.08 Å². The number of carbonyl (C=O) groups is 3. The van der Waals surface area contributed by atoms with Crippen LogP contribution in [-0.2, 0) is 28.6 Å². The molecule has 96 valence electrons. The quantitative estimate of drug-likeness (QED) is 0.387. The van der Waals surface area contributed by atoms with Crippen molar-refractivity contribution in [3.63, 3.8) is 0 Å². The second kappa shape index (κ2) is 8.32. The Kier molecular flexibility index (Phi) is 7.41. The molecule has 0 fully saturated rings. The Hall–Kier alpha value is -1.85. The molecule has 0 saturated heterocycles. The van der Waals surface area contributed by atoms with Crippen molar-refractivity contribution in [1.29, 1.82) is 0 Å². The molecule has 0 saturated carbocycles. The summed E-state index contributed by atoms with van der Waals surface area (Å²) in [5.41, 5.74) is 0. The van der Waals surface area contributed by atoms with Crippen molar-refractivity contribution >= 4 is 17.9 Å². The molecule has 1 unspecified atom stereocenters. The Morgan fingerprint density at radius 2 is 1.82 bits per heavy atom. The van der Waals surface area contributed by atoms with E-state index in [-0.39, 0.29) is 13.0 Å². The monoisotopic (exact) mass is 244 g/mol. The lowest BCUT2D eigenvalue weighted by atomic mass is 10.2. The second-order valence-corrected chi connectivity index (χ2v) is 3.16. The highest BCUT2D eigenvalue weighted by Gasteiger charge is 2.09. The molecule has 0 aliphatic rings. The molecule has 6 nitrogen and oxygen atoms in total. The maximum absolute atomic E-state index is 10.8. The van der Waals surface area contributed by atoms with E-state index in [1.807, 2.05) is 0 Å². The van der Waals surface area contributed by atoms with Crippen LogP contribution in [0.3, 0.4) is 0 Å². The highest BCUT2D eigenvalue weighted by Crippen LogP contribution is 2.02. The van der Waals surface area contributed by atoms with Crippen LogP contribution in [-0.4, -0.2) is 37.7 Å². The molecule has 17 heavy (non-hydrogen) atoms. The largest absolute Gasteiger partial charge is 0.466 e. The molecule has 6 heteroatoms. The average molecular weight is 244 g/mol. The van der Waals surface area contributed by atoms with Crippen LogP contribution < -0.4 is 0 Å². The van der Waals surface area contributed by atoms with Gasteiger partial charge in [-0.1, -0.05) is 0 Å². The number of rotatable bonds is 6. The molecule has 1 atom stereocenters. The molecule has 0 rings (SSSR count). The molecule has 0 bridgehead atoms. The molecule has 0 amide bonds. The van der Waals surface area contributed by atoms with Crippen LogP contribution in [0, 0.1) is 0 Å². The van der Waals surface area contributed by atoms with Gasteiger partial charge < -0.3 is 14.2 Å². The molecule has 0 radical (unpaired) electrons. The fourth-order valence-electron chi connectivity index (χ4n) is 0.980. The molecule has 0 aromatic carbocycles. The van der Waals surface area contributed by atoms with Gasteiger partial charge in [-0.2, -0.15) is 0 Å². The van der Waals surface area contributed by atoms with Crippen LogP contribution in [0.25, 0.3) is 0 Å². The summed E-state index contributed by atoms with van der Waals surface area (Å²) in [6.07, 6.45) is 2.20. The molecule has 0 N–H and O–H groups in total. The van der Waals surface area contributed by atoms with Crippen LogP contribution in [0.4, 0.5) is 0 Å². The van der Waals surface area contributed by atoms with Crippen LogP contribution in [0.15, 0.2) is 12.2 Å². The number of hydrogen-bond acceptors (Lipinski definition) is 6. The molecular weight excluding hydrogens is 228 g/mol. The third-order valence-corrected chi connectivity index (χ3v) is 1.67. The first-order valence-corrected chi connectivity index (χ1v) is 5.02. The van der Waals surface area contributed by atoms with E-state index in [1.165, 1.54) is 27.0 Å². The predicted octanol–water partition coefficient (Wildman–Crippen LogP) is 0.600. The fraction of sp³-hybridized carbons (Fsp3) is 0.545. The van der Waals surface area contributed by atoms with Gasteiger partial charge in [0.05, 0.1) is 13.7 Å². The Balaban J connectivity index is 4.22. The first-order valence-electron chi connectivity index (χ1n) is 5.02. The smallest absolute Gasteiger partial charge is 0.330 e. The van der Waals surface area contributed by atoms with Gasteiger partial charge in [0, 0.05) is 26.3 Å². The third-order valence-electron chi connectivity index (χ3n) is 1.67. The van der Waals surface area contributed by atoms with E-state index >= 15 is 0 Å². The van der Waals surface area contributed by atoms with Gasteiger partial charge in [0.15, 0.2) is 0 Å². The highest BCUT2D eigenvalue weighted by molar-refractivity contribution is 5.81. The maximum Gasteiger partial charge on any atom is 0.330 e. The minimum absolute atomic E-state index is 0.110. The molecular formula is C11H16O6. The standard InChI is InChI=1S/C11H16O6/c1-8(12)16-7-6-10(17-9(2)13)4-5-11(14)15-3/h4-5,10H,6-7H2,1-3H3/b5-4+. The summed E-state index contributed by atoms with van der Waals surface area (Å²) in [5.74, 6) is -1.44. The number of carbonyl (C=O) groups excluding carboxylic acids is 3. The summed E-state index contributed by atoms with van der Waals surface area (Å²) in [4.78, 5) is 32.2. The van der Waals surface area contributed by atoms with Gasteiger partial charge in [-0.3, -0.25) is 9.59 Å².